The summed E-state index contributed by atoms with van der Waals surface area (Å²) in [5.41, 5.74) is 6.08. The van der Waals surface area contributed by atoms with Crippen LogP contribution in [0.25, 0.3) is 27.8 Å². The van der Waals surface area contributed by atoms with Gasteiger partial charge in [-0.3, -0.25) is 15.0 Å². The third kappa shape index (κ3) is 1.88. The monoisotopic (exact) mass is 288 g/mol. The third-order valence-electron chi connectivity index (χ3n) is 3.90. The fraction of sp³-hybridized carbons (Fsp3) is 0.167. The average Bonchev–Trinajstić information content (AvgIpc) is 2.89. The van der Waals surface area contributed by atoms with E-state index in [1.807, 2.05) is 18.3 Å². The van der Waals surface area contributed by atoms with Crippen LogP contribution in [0.5, 0.6) is 0 Å². The van der Waals surface area contributed by atoms with Crippen molar-refractivity contribution >= 4 is 22.1 Å². The van der Waals surface area contributed by atoms with Crippen LogP contribution < -0.4 is 0 Å². The van der Waals surface area contributed by atoms with Crippen molar-refractivity contribution < 1.29 is 0 Å². The SMILES string of the molecule is CC(C)c1ccc(-n2c3cccnc3c3ncccc32)cn1. The van der Waals surface area contributed by atoms with Crippen LogP contribution in [0.4, 0.5) is 0 Å². The lowest BCUT2D eigenvalue weighted by molar-refractivity contribution is 0.821. The van der Waals surface area contributed by atoms with E-state index in [0.717, 1.165) is 33.4 Å². The molecule has 108 valence electrons. The van der Waals surface area contributed by atoms with Crippen molar-refractivity contribution in [2.24, 2.45) is 0 Å². The quantitative estimate of drug-likeness (QED) is 0.558. The van der Waals surface area contributed by atoms with Crippen LogP contribution in [-0.2, 0) is 0 Å². The van der Waals surface area contributed by atoms with Crippen molar-refractivity contribution in [2.75, 3.05) is 0 Å². The molecular formula is C18H16N4. The van der Waals surface area contributed by atoms with Crippen molar-refractivity contribution in [3.8, 4) is 5.69 Å². The van der Waals surface area contributed by atoms with Crippen LogP contribution in [0.2, 0.25) is 0 Å². The topological polar surface area (TPSA) is 43.6 Å². The highest BCUT2D eigenvalue weighted by atomic mass is 15.0. The Hall–Kier alpha value is -2.75. The number of nitrogens with zero attached hydrogens (tertiary/aromatic N) is 4. The molecule has 0 aromatic carbocycles. The van der Waals surface area contributed by atoms with Crippen LogP contribution in [0.3, 0.4) is 0 Å². The van der Waals surface area contributed by atoms with E-state index in [2.05, 4.69) is 57.6 Å². The molecule has 0 aliphatic heterocycles. The number of rotatable bonds is 2. The van der Waals surface area contributed by atoms with E-state index >= 15 is 0 Å². The van der Waals surface area contributed by atoms with Gasteiger partial charge in [-0.1, -0.05) is 13.8 Å². The lowest BCUT2D eigenvalue weighted by Crippen LogP contribution is -1.98. The second-order valence-electron chi connectivity index (χ2n) is 5.67. The smallest absolute Gasteiger partial charge is 0.115 e. The highest BCUT2D eigenvalue weighted by molar-refractivity contribution is 6.04. The molecule has 4 aromatic heterocycles. The molecule has 0 radical (unpaired) electrons. The first-order chi connectivity index (χ1) is 10.8. The van der Waals surface area contributed by atoms with Gasteiger partial charge >= 0.3 is 0 Å². The Kier molecular flexibility index (Phi) is 2.89. The second-order valence-corrected chi connectivity index (χ2v) is 5.67. The van der Waals surface area contributed by atoms with E-state index in [-0.39, 0.29) is 0 Å². The minimum Gasteiger partial charge on any atom is -0.304 e. The molecule has 4 heterocycles. The molecule has 0 bridgehead atoms. The molecule has 0 N–H and O–H groups in total. The Labute approximate surface area is 128 Å². The van der Waals surface area contributed by atoms with Crippen molar-refractivity contribution in [2.45, 2.75) is 19.8 Å². The van der Waals surface area contributed by atoms with E-state index in [1.165, 1.54) is 0 Å². The molecule has 4 aromatic rings. The molecule has 4 nitrogen and oxygen atoms in total. The fourth-order valence-corrected chi connectivity index (χ4v) is 2.80. The number of pyridine rings is 3. The van der Waals surface area contributed by atoms with Crippen molar-refractivity contribution in [1.29, 1.82) is 0 Å². The van der Waals surface area contributed by atoms with E-state index < -0.39 is 0 Å². The van der Waals surface area contributed by atoms with Gasteiger partial charge in [0.2, 0.25) is 0 Å². The third-order valence-corrected chi connectivity index (χ3v) is 3.90. The Morgan fingerprint density at radius 1 is 0.818 bits per heavy atom. The summed E-state index contributed by atoms with van der Waals surface area (Å²) in [5.74, 6) is 0.426. The van der Waals surface area contributed by atoms with Gasteiger partial charge in [0.1, 0.15) is 11.0 Å². The van der Waals surface area contributed by atoms with E-state index in [4.69, 9.17) is 0 Å². The number of aromatic nitrogens is 4. The zero-order valence-corrected chi connectivity index (χ0v) is 12.6. The van der Waals surface area contributed by atoms with Gasteiger partial charge < -0.3 is 4.57 Å². The molecule has 0 saturated heterocycles. The van der Waals surface area contributed by atoms with Gasteiger partial charge in [-0.2, -0.15) is 0 Å². The summed E-state index contributed by atoms with van der Waals surface area (Å²) in [6.07, 6.45) is 5.54. The number of fused-ring (bicyclic) bond motifs is 3. The molecule has 0 aliphatic rings. The molecule has 0 saturated carbocycles. The highest BCUT2D eigenvalue weighted by Gasteiger charge is 2.13. The van der Waals surface area contributed by atoms with Gasteiger partial charge in [0.15, 0.2) is 0 Å². The molecule has 0 amide bonds. The Balaban J connectivity index is 2.04. The first-order valence-corrected chi connectivity index (χ1v) is 7.42. The normalized spacial score (nSPS) is 11.6. The summed E-state index contributed by atoms with van der Waals surface area (Å²) in [6.45, 7) is 4.30. The van der Waals surface area contributed by atoms with E-state index in [0.29, 0.717) is 5.92 Å². The maximum Gasteiger partial charge on any atom is 0.115 e. The molecular weight excluding hydrogens is 272 g/mol. The standard InChI is InChI=1S/C18H16N4/c1-12(2)14-8-7-13(11-21-14)22-15-5-3-9-19-17(15)18-16(22)6-4-10-20-18/h3-12H,1-2H3. The van der Waals surface area contributed by atoms with Crippen LogP contribution in [0.1, 0.15) is 25.5 Å². The number of hydrogen-bond donors (Lipinski definition) is 0. The summed E-state index contributed by atoms with van der Waals surface area (Å²) in [5, 5.41) is 0. The zero-order chi connectivity index (χ0) is 15.1. The maximum absolute atomic E-state index is 4.59. The molecule has 0 atom stereocenters. The van der Waals surface area contributed by atoms with Crippen molar-refractivity contribution in [3.63, 3.8) is 0 Å². The Morgan fingerprint density at radius 3 is 1.95 bits per heavy atom. The predicted octanol–water partition coefficient (Wildman–Crippen LogP) is 4.09. The first-order valence-electron chi connectivity index (χ1n) is 7.42. The van der Waals surface area contributed by atoms with Gasteiger partial charge in [0, 0.05) is 18.1 Å². The minimum atomic E-state index is 0.426. The predicted molar refractivity (Wildman–Crippen MR) is 88.3 cm³/mol. The van der Waals surface area contributed by atoms with Gasteiger partial charge in [0.05, 0.1) is 22.9 Å². The summed E-state index contributed by atoms with van der Waals surface area (Å²) in [6, 6.07) is 12.2. The summed E-state index contributed by atoms with van der Waals surface area (Å²) in [4.78, 5) is 13.6. The van der Waals surface area contributed by atoms with Gasteiger partial charge in [-0.15, -0.1) is 0 Å². The van der Waals surface area contributed by atoms with Gasteiger partial charge in [-0.05, 0) is 42.3 Å². The van der Waals surface area contributed by atoms with Crippen molar-refractivity contribution in [1.82, 2.24) is 19.5 Å². The second kappa shape index (κ2) is 4.91. The summed E-state index contributed by atoms with van der Waals surface area (Å²) >= 11 is 0. The highest BCUT2D eigenvalue weighted by Crippen LogP contribution is 2.28. The van der Waals surface area contributed by atoms with Crippen molar-refractivity contribution in [3.05, 3.63) is 60.7 Å². The summed E-state index contributed by atoms with van der Waals surface area (Å²) < 4.78 is 2.17. The molecule has 0 fully saturated rings. The first kappa shape index (κ1) is 13.0. The van der Waals surface area contributed by atoms with E-state index in [1.54, 1.807) is 12.4 Å². The Morgan fingerprint density at radius 2 is 1.45 bits per heavy atom. The largest absolute Gasteiger partial charge is 0.304 e. The van der Waals surface area contributed by atoms with Crippen LogP contribution in [0, 0.1) is 0 Å². The minimum absolute atomic E-state index is 0.426. The van der Waals surface area contributed by atoms with Gasteiger partial charge in [0.25, 0.3) is 0 Å². The lowest BCUT2D eigenvalue weighted by atomic mass is 10.1. The molecule has 0 unspecified atom stereocenters. The van der Waals surface area contributed by atoms with Crippen LogP contribution in [0.15, 0.2) is 55.0 Å². The lowest BCUT2D eigenvalue weighted by Gasteiger charge is -2.09. The molecule has 0 aliphatic carbocycles. The van der Waals surface area contributed by atoms with E-state index in [9.17, 15) is 0 Å². The Bertz CT molecular complexity index is 899. The fourth-order valence-electron chi connectivity index (χ4n) is 2.80. The summed E-state index contributed by atoms with van der Waals surface area (Å²) in [7, 11) is 0. The molecule has 4 rings (SSSR count). The van der Waals surface area contributed by atoms with Crippen LogP contribution in [-0.4, -0.2) is 19.5 Å². The zero-order valence-electron chi connectivity index (χ0n) is 12.6. The molecule has 0 spiro atoms. The average molecular weight is 288 g/mol. The van der Waals surface area contributed by atoms with Crippen LogP contribution >= 0.6 is 0 Å². The number of hydrogen-bond acceptors (Lipinski definition) is 3. The van der Waals surface area contributed by atoms with Gasteiger partial charge in [-0.25, -0.2) is 0 Å². The maximum atomic E-state index is 4.59. The molecule has 22 heavy (non-hydrogen) atoms. The molecule has 4 heteroatoms.